The summed E-state index contributed by atoms with van der Waals surface area (Å²) >= 11 is 0. The van der Waals surface area contributed by atoms with Crippen molar-refractivity contribution < 1.29 is 19.1 Å². The van der Waals surface area contributed by atoms with Crippen LogP contribution in [0.25, 0.3) is 0 Å². The summed E-state index contributed by atoms with van der Waals surface area (Å²) in [6, 6.07) is 16.6. The maximum absolute atomic E-state index is 12.1. The number of ether oxygens (including phenoxy) is 1. The average Bonchev–Trinajstić information content (AvgIpc) is 2.76. The van der Waals surface area contributed by atoms with Crippen LogP contribution >= 0.6 is 0 Å². The lowest BCUT2D eigenvalue weighted by Crippen LogP contribution is -2.38. The highest BCUT2D eigenvalue weighted by atomic mass is 16.5. The Morgan fingerprint density at radius 1 is 0.966 bits per heavy atom. The van der Waals surface area contributed by atoms with E-state index in [0.717, 1.165) is 30.6 Å². The highest BCUT2D eigenvalue weighted by Gasteiger charge is 2.19. The smallest absolute Gasteiger partial charge is 0.258 e. The maximum Gasteiger partial charge on any atom is 0.258 e. The van der Waals surface area contributed by atoms with Gasteiger partial charge in [-0.3, -0.25) is 14.4 Å². The maximum atomic E-state index is 12.1. The first-order chi connectivity index (χ1) is 14.1. The van der Waals surface area contributed by atoms with Crippen LogP contribution in [0.5, 0.6) is 5.75 Å². The molecule has 1 saturated heterocycles. The van der Waals surface area contributed by atoms with Gasteiger partial charge >= 0.3 is 0 Å². The molecular formula is C22H25N3O4. The molecule has 0 spiro atoms. The van der Waals surface area contributed by atoms with Gasteiger partial charge in [0.2, 0.25) is 11.8 Å². The first-order valence-electron chi connectivity index (χ1n) is 9.72. The van der Waals surface area contributed by atoms with Gasteiger partial charge < -0.3 is 20.3 Å². The quantitative estimate of drug-likeness (QED) is 0.716. The van der Waals surface area contributed by atoms with E-state index in [2.05, 4.69) is 10.6 Å². The van der Waals surface area contributed by atoms with Gasteiger partial charge in [-0.15, -0.1) is 0 Å². The second-order valence-electron chi connectivity index (χ2n) is 6.83. The molecule has 2 aromatic carbocycles. The summed E-state index contributed by atoms with van der Waals surface area (Å²) in [5.74, 6) is 0.0733. The molecule has 7 heteroatoms. The van der Waals surface area contributed by atoms with Crippen molar-refractivity contribution in [3.8, 4) is 5.75 Å². The van der Waals surface area contributed by atoms with Gasteiger partial charge in [-0.2, -0.15) is 0 Å². The summed E-state index contributed by atoms with van der Waals surface area (Å²) < 4.78 is 5.33. The van der Waals surface area contributed by atoms with Gasteiger partial charge in [0.15, 0.2) is 6.61 Å². The molecule has 1 aliphatic heterocycles. The van der Waals surface area contributed by atoms with E-state index < -0.39 is 0 Å². The van der Waals surface area contributed by atoms with Gasteiger partial charge in [-0.25, -0.2) is 0 Å². The number of nitrogens with zero attached hydrogens (tertiary/aromatic N) is 1. The standard InChI is InChI=1S/C22H25N3O4/c26-20(15-24-21(27)16-29-19-9-2-1-3-10-19)23-14-17-7-6-8-18(13-17)25-12-5-4-11-22(25)28/h1-3,6-10,13H,4-5,11-12,14-16H2,(H,23,26)(H,24,27). The van der Waals surface area contributed by atoms with Crippen LogP contribution in [-0.2, 0) is 20.9 Å². The third kappa shape index (κ3) is 6.34. The Morgan fingerprint density at radius 2 is 1.79 bits per heavy atom. The zero-order valence-corrected chi connectivity index (χ0v) is 16.2. The normalized spacial score (nSPS) is 13.7. The Balaban J connectivity index is 1.40. The van der Waals surface area contributed by atoms with Crippen LogP contribution < -0.4 is 20.3 Å². The molecule has 29 heavy (non-hydrogen) atoms. The van der Waals surface area contributed by atoms with Crippen molar-refractivity contribution in [2.75, 3.05) is 24.6 Å². The molecule has 1 fully saturated rings. The fraction of sp³-hybridized carbons (Fsp3) is 0.318. The number of hydrogen-bond acceptors (Lipinski definition) is 4. The molecule has 2 aromatic rings. The predicted octanol–water partition coefficient (Wildman–Crippen LogP) is 2.01. The van der Waals surface area contributed by atoms with E-state index in [4.69, 9.17) is 4.74 Å². The van der Waals surface area contributed by atoms with Crippen molar-refractivity contribution >= 4 is 23.4 Å². The predicted molar refractivity (Wildman–Crippen MR) is 109 cm³/mol. The molecular weight excluding hydrogens is 370 g/mol. The molecule has 1 aliphatic rings. The first-order valence-corrected chi connectivity index (χ1v) is 9.72. The third-order valence-corrected chi connectivity index (χ3v) is 4.59. The van der Waals surface area contributed by atoms with Crippen molar-refractivity contribution in [3.05, 3.63) is 60.2 Å². The second-order valence-corrected chi connectivity index (χ2v) is 6.83. The zero-order chi connectivity index (χ0) is 20.5. The number of rotatable bonds is 8. The summed E-state index contributed by atoms with van der Waals surface area (Å²) in [6.45, 7) is 0.779. The Morgan fingerprint density at radius 3 is 2.59 bits per heavy atom. The lowest BCUT2D eigenvalue weighted by molar-refractivity contribution is -0.127. The molecule has 3 rings (SSSR count). The van der Waals surface area contributed by atoms with E-state index in [1.54, 1.807) is 17.0 Å². The van der Waals surface area contributed by atoms with Crippen LogP contribution in [0.3, 0.4) is 0 Å². The second kappa shape index (κ2) is 10.3. The van der Waals surface area contributed by atoms with E-state index >= 15 is 0 Å². The van der Waals surface area contributed by atoms with Crippen molar-refractivity contribution in [1.29, 1.82) is 0 Å². The van der Waals surface area contributed by atoms with Crippen molar-refractivity contribution in [2.24, 2.45) is 0 Å². The van der Waals surface area contributed by atoms with E-state index in [1.165, 1.54) is 0 Å². The van der Waals surface area contributed by atoms with Crippen LogP contribution in [0.1, 0.15) is 24.8 Å². The lowest BCUT2D eigenvalue weighted by atomic mass is 10.1. The summed E-state index contributed by atoms with van der Waals surface area (Å²) in [5.41, 5.74) is 1.75. The SMILES string of the molecule is O=C(CNC(=O)COc1ccccc1)NCc1cccc(N2CCCCC2=O)c1. The number of piperidine rings is 1. The minimum Gasteiger partial charge on any atom is -0.484 e. The van der Waals surface area contributed by atoms with Crippen LogP contribution in [0, 0.1) is 0 Å². The van der Waals surface area contributed by atoms with E-state index in [9.17, 15) is 14.4 Å². The number of nitrogens with one attached hydrogen (secondary N) is 2. The van der Waals surface area contributed by atoms with Crippen LogP contribution in [0.2, 0.25) is 0 Å². The number of anilines is 1. The molecule has 0 saturated carbocycles. The highest BCUT2D eigenvalue weighted by Crippen LogP contribution is 2.21. The number of carbonyl (C=O) groups excluding carboxylic acids is 3. The zero-order valence-electron chi connectivity index (χ0n) is 16.2. The highest BCUT2D eigenvalue weighted by molar-refractivity contribution is 5.94. The molecule has 0 unspecified atom stereocenters. The number of hydrogen-bond donors (Lipinski definition) is 2. The molecule has 2 N–H and O–H groups in total. The fourth-order valence-corrected chi connectivity index (χ4v) is 3.07. The summed E-state index contributed by atoms with van der Waals surface area (Å²) in [7, 11) is 0. The molecule has 7 nitrogen and oxygen atoms in total. The summed E-state index contributed by atoms with van der Waals surface area (Å²) in [4.78, 5) is 37.7. The Labute approximate surface area is 170 Å². The first kappa shape index (κ1) is 20.4. The van der Waals surface area contributed by atoms with Crippen molar-refractivity contribution in [1.82, 2.24) is 10.6 Å². The summed E-state index contributed by atoms with van der Waals surface area (Å²) in [5, 5.41) is 5.30. The minimum atomic E-state index is -0.366. The number of para-hydroxylation sites is 1. The van der Waals surface area contributed by atoms with Gasteiger partial charge in [0.1, 0.15) is 5.75 Å². The molecule has 0 atom stereocenters. The minimum absolute atomic E-state index is 0.124. The van der Waals surface area contributed by atoms with Crippen LogP contribution in [-0.4, -0.2) is 37.4 Å². The topological polar surface area (TPSA) is 87.7 Å². The molecule has 1 heterocycles. The van der Waals surface area contributed by atoms with E-state index in [0.29, 0.717) is 18.7 Å². The largest absolute Gasteiger partial charge is 0.484 e. The molecule has 0 aliphatic carbocycles. The van der Waals surface area contributed by atoms with Crippen LogP contribution in [0.15, 0.2) is 54.6 Å². The number of carbonyl (C=O) groups is 3. The average molecular weight is 395 g/mol. The summed E-state index contributed by atoms with van der Waals surface area (Å²) in [6.07, 6.45) is 2.52. The van der Waals surface area contributed by atoms with Gasteiger partial charge in [0, 0.05) is 25.2 Å². The number of benzene rings is 2. The van der Waals surface area contributed by atoms with Gasteiger partial charge in [-0.1, -0.05) is 30.3 Å². The van der Waals surface area contributed by atoms with Crippen molar-refractivity contribution in [3.63, 3.8) is 0 Å². The molecule has 0 aromatic heterocycles. The molecule has 3 amide bonds. The van der Waals surface area contributed by atoms with Crippen molar-refractivity contribution in [2.45, 2.75) is 25.8 Å². The van der Waals surface area contributed by atoms with E-state index in [1.807, 2.05) is 42.5 Å². The van der Waals surface area contributed by atoms with Gasteiger partial charge in [0.25, 0.3) is 5.91 Å². The Bertz CT molecular complexity index is 854. The van der Waals surface area contributed by atoms with Gasteiger partial charge in [0.05, 0.1) is 6.54 Å². The molecule has 152 valence electrons. The molecule has 0 radical (unpaired) electrons. The Hall–Kier alpha value is -3.35. The van der Waals surface area contributed by atoms with E-state index in [-0.39, 0.29) is 30.9 Å². The number of amides is 3. The van der Waals surface area contributed by atoms with Crippen LogP contribution in [0.4, 0.5) is 5.69 Å². The lowest BCUT2D eigenvalue weighted by Gasteiger charge is -2.27. The fourth-order valence-electron chi connectivity index (χ4n) is 3.07. The molecule has 0 bridgehead atoms. The Kier molecular flexibility index (Phi) is 7.22. The third-order valence-electron chi connectivity index (χ3n) is 4.59. The van der Waals surface area contributed by atoms with Gasteiger partial charge in [-0.05, 0) is 42.7 Å². The monoisotopic (exact) mass is 395 g/mol.